The molecule has 0 N–H and O–H groups in total. The molecule has 0 saturated carbocycles. The van der Waals surface area contributed by atoms with E-state index in [0.717, 1.165) is 15.0 Å². The lowest BCUT2D eigenvalue weighted by Crippen LogP contribution is -1.93. The summed E-state index contributed by atoms with van der Waals surface area (Å²) >= 11 is 4.87. The van der Waals surface area contributed by atoms with E-state index in [-0.39, 0.29) is 11.9 Å². The minimum Gasteiger partial charge on any atom is -0.282 e. The van der Waals surface area contributed by atoms with Gasteiger partial charge in [0.1, 0.15) is 10.8 Å². The Morgan fingerprint density at radius 2 is 2.35 bits per heavy atom. The second-order valence-electron chi connectivity index (χ2n) is 3.49. The van der Waals surface area contributed by atoms with Gasteiger partial charge in [-0.05, 0) is 24.6 Å². The first-order chi connectivity index (χ1) is 8.16. The Balaban J connectivity index is 2.17. The summed E-state index contributed by atoms with van der Waals surface area (Å²) in [6.07, 6.45) is 3.48. The van der Waals surface area contributed by atoms with Crippen LogP contribution in [0.1, 0.15) is 23.5 Å². The molecule has 17 heavy (non-hydrogen) atoms. The summed E-state index contributed by atoms with van der Waals surface area (Å²) in [5.41, 5.74) is 0.958. The van der Waals surface area contributed by atoms with Gasteiger partial charge < -0.3 is 0 Å². The average Bonchev–Trinajstić information content (AvgIpc) is 2.78. The van der Waals surface area contributed by atoms with Gasteiger partial charge in [-0.1, -0.05) is 22.0 Å². The fourth-order valence-electron chi connectivity index (χ4n) is 1.39. The van der Waals surface area contributed by atoms with Crippen LogP contribution in [0.3, 0.4) is 0 Å². The molecule has 0 aliphatic heterocycles. The van der Waals surface area contributed by atoms with Crippen molar-refractivity contribution in [2.45, 2.75) is 13.0 Å². The van der Waals surface area contributed by atoms with E-state index in [4.69, 9.17) is 0 Å². The standard InChI is InChI=1S/C12H10BrFN2S/c1-8(16-7-12-15-4-5-17-12)10-3-2-9(14)6-11(10)13/h2-8H,1H3/t8-/m1/s1. The van der Waals surface area contributed by atoms with Crippen molar-refractivity contribution in [1.29, 1.82) is 0 Å². The van der Waals surface area contributed by atoms with Crippen LogP contribution in [-0.2, 0) is 0 Å². The first kappa shape index (κ1) is 12.4. The molecule has 1 heterocycles. The molecule has 0 amide bonds. The smallest absolute Gasteiger partial charge is 0.133 e. The molecule has 0 fully saturated rings. The van der Waals surface area contributed by atoms with Crippen LogP contribution in [0.25, 0.3) is 0 Å². The van der Waals surface area contributed by atoms with Crippen LogP contribution in [0.15, 0.2) is 39.2 Å². The highest BCUT2D eigenvalue weighted by Gasteiger charge is 2.08. The van der Waals surface area contributed by atoms with Crippen LogP contribution >= 0.6 is 27.3 Å². The number of thiazole rings is 1. The van der Waals surface area contributed by atoms with Gasteiger partial charge in [-0.15, -0.1) is 11.3 Å². The summed E-state index contributed by atoms with van der Waals surface area (Å²) in [5.74, 6) is -0.253. The molecule has 0 bridgehead atoms. The maximum atomic E-state index is 12.9. The van der Waals surface area contributed by atoms with E-state index in [9.17, 15) is 4.39 Å². The third-order valence-corrected chi connectivity index (χ3v) is 3.67. The predicted octanol–water partition coefficient (Wildman–Crippen LogP) is 4.22. The molecule has 2 nitrogen and oxygen atoms in total. The monoisotopic (exact) mass is 312 g/mol. The third kappa shape index (κ3) is 3.20. The van der Waals surface area contributed by atoms with E-state index in [1.165, 1.54) is 23.5 Å². The van der Waals surface area contributed by atoms with Crippen molar-refractivity contribution in [3.05, 3.63) is 50.6 Å². The second kappa shape index (κ2) is 5.51. The van der Waals surface area contributed by atoms with Gasteiger partial charge in [0, 0.05) is 16.0 Å². The lowest BCUT2D eigenvalue weighted by Gasteiger charge is -2.08. The molecule has 0 unspecified atom stereocenters. The van der Waals surface area contributed by atoms with Gasteiger partial charge in [-0.25, -0.2) is 9.37 Å². The van der Waals surface area contributed by atoms with Crippen LogP contribution in [0.4, 0.5) is 4.39 Å². The molecule has 2 aromatic rings. The van der Waals surface area contributed by atoms with E-state index in [1.807, 2.05) is 12.3 Å². The largest absolute Gasteiger partial charge is 0.282 e. The average molecular weight is 313 g/mol. The normalized spacial score (nSPS) is 13.1. The van der Waals surface area contributed by atoms with Gasteiger partial charge in [0.05, 0.1) is 12.3 Å². The molecule has 5 heteroatoms. The van der Waals surface area contributed by atoms with E-state index < -0.39 is 0 Å². The van der Waals surface area contributed by atoms with E-state index in [0.29, 0.717) is 0 Å². The predicted molar refractivity (Wildman–Crippen MR) is 72.2 cm³/mol. The molecule has 0 saturated heterocycles. The van der Waals surface area contributed by atoms with Crippen LogP contribution in [0.5, 0.6) is 0 Å². The number of nitrogens with zero attached hydrogens (tertiary/aromatic N) is 2. The van der Waals surface area contributed by atoms with Crippen molar-refractivity contribution in [2.75, 3.05) is 0 Å². The molecular formula is C12H10BrFN2S. The van der Waals surface area contributed by atoms with E-state index >= 15 is 0 Å². The number of rotatable bonds is 3. The lowest BCUT2D eigenvalue weighted by atomic mass is 10.1. The number of halogens is 2. The summed E-state index contributed by atoms with van der Waals surface area (Å²) < 4.78 is 13.7. The molecular weight excluding hydrogens is 303 g/mol. The minimum absolute atomic E-state index is 0.0334. The van der Waals surface area contributed by atoms with Crippen LogP contribution < -0.4 is 0 Å². The maximum Gasteiger partial charge on any atom is 0.133 e. The molecule has 2 rings (SSSR count). The van der Waals surface area contributed by atoms with Crippen molar-refractivity contribution >= 4 is 33.5 Å². The fraction of sp³-hybridized carbons (Fsp3) is 0.167. The number of aliphatic imine (C=N–C) groups is 1. The second-order valence-corrected chi connectivity index (χ2v) is 5.27. The Morgan fingerprint density at radius 1 is 1.53 bits per heavy atom. The van der Waals surface area contributed by atoms with Crippen LogP contribution in [-0.4, -0.2) is 11.2 Å². The van der Waals surface area contributed by atoms with Crippen molar-refractivity contribution in [2.24, 2.45) is 4.99 Å². The molecule has 0 spiro atoms. The number of hydrogen-bond acceptors (Lipinski definition) is 3. The zero-order valence-electron chi connectivity index (χ0n) is 9.10. The highest BCUT2D eigenvalue weighted by Crippen LogP contribution is 2.26. The Morgan fingerprint density at radius 3 is 3.00 bits per heavy atom. The first-order valence-corrected chi connectivity index (χ1v) is 6.71. The van der Waals surface area contributed by atoms with Crippen molar-refractivity contribution in [3.63, 3.8) is 0 Å². The maximum absolute atomic E-state index is 12.9. The molecule has 0 aliphatic carbocycles. The molecule has 1 atom stereocenters. The lowest BCUT2D eigenvalue weighted by molar-refractivity contribution is 0.624. The Labute approximate surface area is 111 Å². The number of benzene rings is 1. The zero-order valence-corrected chi connectivity index (χ0v) is 11.5. The summed E-state index contributed by atoms with van der Waals surface area (Å²) in [6.45, 7) is 1.96. The molecule has 1 aromatic carbocycles. The molecule has 0 radical (unpaired) electrons. The van der Waals surface area contributed by atoms with Crippen molar-refractivity contribution < 1.29 is 4.39 Å². The summed E-state index contributed by atoms with van der Waals surface area (Å²) in [6, 6.07) is 4.60. The van der Waals surface area contributed by atoms with Gasteiger partial charge in [-0.2, -0.15) is 0 Å². The van der Waals surface area contributed by atoms with E-state index in [2.05, 4.69) is 25.9 Å². The van der Waals surface area contributed by atoms with Gasteiger partial charge in [0.25, 0.3) is 0 Å². The van der Waals surface area contributed by atoms with Gasteiger partial charge in [-0.3, -0.25) is 4.99 Å². The third-order valence-electron chi connectivity index (χ3n) is 2.27. The number of aromatic nitrogens is 1. The Hall–Kier alpha value is -1.07. The highest BCUT2D eigenvalue weighted by molar-refractivity contribution is 9.10. The van der Waals surface area contributed by atoms with E-state index in [1.54, 1.807) is 18.5 Å². The van der Waals surface area contributed by atoms with Gasteiger partial charge >= 0.3 is 0 Å². The molecule has 88 valence electrons. The van der Waals surface area contributed by atoms with Crippen molar-refractivity contribution in [3.8, 4) is 0 Å². The summed E-state index contributed by atoms with van der Waals surface area (Å²) in [4.78, 5) is 8.51. The number of hydrogen-bond donors (Lipinski definition) is 0. The topological polar surface area (TPSA) is 25.2 Å². The minimum atomic E-state index is -0.253. The summed E-state index contributed by atoms with van der Waals surface area (Å²) in [7, 11) is 0. The quantitative estimate of drug-likeness (QED) is 0.779. The highest BCUT2D eigenvalue weighted by atomic mass is 79.9. The Bertz CT molecular complexity index is 525. The molecule has 0 aliphatic rings. The zero-order chi connectivity index (χ0) is 12.3. The fourth-order valence-corrected chi connectivity index (χ4v) is 2.58. The van der Waals surface area contributed by atoms with Crippen LogP contribution in [0.2, 0.25) is 0 Å². The molecule has 1 aromatic heterocycles. The first-order valence-electron chi connectivity index (χ1n) is 5.04. The SMILES string of the molecule is C[C@@H](N=Cc1nccs1)c1ccc(F)cc1Br. The van der Waals surface area contributed by atoms with Crippen LogP contribution in [0, 0.1) is 5.82 Å². The Kier molecular flexibility index (Phi) is 4.02. The van der Waals surface area contributed by atoms with Gasteiger partial charge in [0.15, 0.2) is 0 Å². The van der Waals surface area contributed by atoms with Gasteiger partial charge in [0.2, 0.25) is 0 Å². The summed E-state index contributed by atoms with van der Waals surface area (Å²) in [5, 5.41) is 2.77. The van der Waals surface area contributed by atoms with Crippen molar-refractivity contribution in [1.82, 2.24) is 4.98 Å².